The molecule has 102 valence electrons. The van der Waals surface area contributed by atoms with E-state index in [0.717, 1.165) is 12.1 Å². The van der Waals surface area contributed by atoms with Gasteiger partial charge in [0.2, 0.25) is 0 Å². The van der Waals surface area contributed by atoms with Crippen molar-refractivity contribution in [2.45, 2.75) is 19.5 Å². The summed E-state index contributed by atoms with van der Waals surface area (Å²) in [5.74, 6) is -0.190. The van der Waals surface area contributed by atoms with Crippen molar-refractivity contribution in [1.82, 2.24) is 5.32 Å². The Balaban J connectivity index is 1.71. The molecule has 0 saturated heterocycles. The van der Waals surface area contributed by atoms with Crippen molar-refractivity contribution in [3.05, 3.63) is 70.9 Å². The van der Waals surface area contributed by atoms with Gasteiger partial charge in [-0.2, -0.15) is 0 Å². The van der Waals surface area contributed by atoms with E-state index < -0.39 is 0 Å². The van der Waals surface area contributed by atoms with Gasteiger partial charge in [0.15, 0.2) is 0 Å². The summed E-state index contributed by atoms with van der Waals surface area (Å²) in [7, 11) is 0. The zero-order valence-electron chi connectivity index (χ0n) is 11.3. The first kappa shape index (κ1) is 13.3. The molecule has 3 aromatic rings. The van der Waals surface area contributed by atoms with Crippen LogP contribution in [0.1, 0.15) is 24.1 Å². The van der Waals surface area contributed by atoms with Gasteiger partial charge in [0.05, 0.1) is 0 Å². The van der Waals surface area contributed by atoms with Crippen molar-refractivity contribution in [3.8, 4) is 0 Å². The molecule has 0 aliphatic carbocycles. The zero-order valence-corrected chi connectivity index (χ0v) is 12.1. The van der Waals surface area contributed by atoms with Gasteiger partial charge < -0.3 is 5.32 Å². The van der Waals surface area contributed by atoms with Gasteiger partial charge in [0, 0.05) is 17.3 Å². The number of hydrogen-bond acceptors (Lipinski definition) is 2. The topological polar surface area (TPSA) is 12.0 Å². The summed E-state index contributed by atoms with van der Waals surface area (Å²) in [5.41, 5.74) is 2.42. The average molecular weight is 285 g/mol. The molecule has 0 aliphatic heterocycles. The van der Waals surface area contributed by atoms with E-state index in [1.807, 2.05) is 12.1 Å². The summed E-state index contributed by atoms with van der Waals surface area (Å²) in [6.07, 6.45) is 0. The summed E-state index contributed by atoms with van der Waals surface area (Å²) in [6, 6.07) is 15.3. The van der Waals surface area contributed by atoms with E-state index in [1.165, 1.54) is 27.8 Å². The minimum atomic E-state index is -0.190. The molecule has 0 spiro atoms. The predicted octanol–water partition coefficient (Wildman–Crippen LogP) is 4.89. The molecule has 20 heavy (non-hydrogen) atoms. The van der Waals surface area contributed by atoms with Gasteiger partial charge in [0.1, 0.15) is 5.82 Å². The van der Waals surface area contributed by atoms with Crippen LogP contribution < -0.4 is 5.32 Å². The number of halogens is 1. The molecule has 1 nitrogen and oxygen atoms in total. The first-order chi connectivity index (χ1) is 9.74. The molecule has 1 heterocycles. The molecule has 1 aromatic heterocycles. The van der Waals surface area contributed by atoms with Gasteiger partial charge in [-0.15, -0.1) is 11.3 Å². The third kappa shape index (κ3) is 2.74. The Morgan fingerprint density at radius 3 is 2.65 bits per heavy atom. The van der Waals surface area contributed by atoms with Gasteiger partial charge >= 0.3 is 0 Å². The van der Waals surface area contributed by atoms with Crippen LogP contribution in [-0.4, -0.2) is 0 Å². The molecule has 0 aliphatic rings. The van der Waals surface area contributed by atoms with Crippen molar-refractivity contribution in [2.24, 2.45) is 0 Å². The second-order valence-electron chi connectivity index (χ2n) is 4.91. The molecule has 0 unspecified atom stereocenters. The van der Waals surface area contributed by atoms with E-state index >= 15 is 0 Å². The van der Waals surface area contributed by atoms with Crippen LogP contribution in [0.25, 0.3) is 10.1 Å². The standard InChI is InChI=1S/C17H16FNS/c1-12(13-6-8-15(18)9-7-13)19-10-14-11-20-17-5-3-2-4-16(14)17/h2-9,11-12,19H,10H2,1H3/t12-/m1/s1. The lowest BCUT2D eigenvalue weighted by Gasteiger charge is -2.14. The largest absolute Gasteiger partial charge is 0.306 e. The Bertz CT molecular complexity index is 702. The van der Waals surface area contributed by atoms with Crippen LogP contribution in [0, 0.1) is 5.82 Å². The van der Waals surface area contributed by atoms with Gasteiger partial charge in [-0.05, 0) is 47.0 Å². The van der Waals surface area contributed by atoms with Gasteiger partial charge in [-0.25, -0.2) is 4.39 Å². The number of thiophene rings is 1. The summed E-state index contributed by atoms with van der Waals surface area (Å²) in [4.78, 5) is 0. The second-order valence-corrected chi connectivity index (χ2v) is 5.82. The lowest BCUT2D eigenvalue weighted by atomic mass is 10.1. The van der Waals surface area contributed by atoms with E-state index in [0.29, 0.717) is 0 Å². The Labute approximate surface area is 122 Å². The number of hydrogen-bond donors (Lipinski definition) is 1. The van der Waals surface area contributed by atoms with Crippen LogP contribution in [0.15, 0.2) is 53.9 Å². The van der Waals surface area contributed by atoms with Crippen LogP contribution in [0.4, 0.5) is 4.39 Å². The number of nitrogens with one attached hydrogen (secondary N) is 1. The maximum Gasteiger partial charge on any atom is 0.123 e. The Kier molecular flexibility index (Phi) is 3.81. The van der Waals surface area contributed by atoms with E-state index in [2.05, 4.69) is 41.9 Å². The summed E-state index contributed by atoms with van der Waals surface area (Å²) in [6.45, 7) is 2.92. The highest BCUT2D eigenvalue weighted by Gasteiger charge is 2.07. The van der Waals surface area contributed by atoms with Crippen LogP contribution in [-0.2, 0) is 6.54 Å². The molecular weight excluding hydrogens is 269 g/mol. The molecule has 3 heteroatoms. The van der Waals surface area contributed by atoms with Crippen LogP contribution in [0.2, 0.25) is 0 Å². The third-order valence-corrected chi connectivity index (χ3v) is 4.54. The number of fused-ring (bicyclic) bond motifs is 1. The maximum absolute atomic E-state index is 12.9. The van der Waals surface area contributed by atoms with Crippen LogP contribution in [0.5, 0.6) is 0 Å². The molecule has 3 rings (SSSR count). The van der Waals surface area contributed by atoms with Crippen LogP contribution >= 0.6 is 11.3 Å². The minimum absolute atomic E-state index is 0.190. The molecule has 0 fully saturated rings. The highest BCUT2D eigenvalue weighted by atomic mass is 32.1. The smallest absolute Gasteiger partial charge is 0.123 e. The van der Waals surface area contributed by atoms with E-state index in [1.54, 1.807) is 11.3 Å². The monoisotopic (exact) mass is 285 g/mol. The Morgan fingerprint density at radius 2 is 1.85 bits per heavy atom. The fraction of sp³-hybridized carbons (Fsp3) is 0.176. The molecule has 0 saturated carbocycles. The number of benzene rings is 2. The molecule has 2 aromatic carbocycles. The third-order valence-electron chi connectivity index (χ3n) is 3.53. The highest BCUT2D eigenvalue weighted by Crippen LogP contribution is 2.26. The molecule has 1 N–H and O–H groups in total. The quantitative estimate of drug-likeness (QED) is 0.719. The van der Waals surface area contributed by atoms with Gasteiger partial charge in [-0.3, -0.25) is 0 Å². The summed E-state index contributed by atoms with van der Waals surface area (Å²) >= 11 is 1.77. The summed E-state index contributed by atoms with van der Waals surface area (Å²) in [5, 5.41) is 7.02. The average Bonchev–Trinajstić information content (AvgIpc) is 2.89. The lowest BCUT2D eigenvalue weighted by molar-refractivity contribution is 0.573. The van der Waals surface area contributed by atoms with Crippen molar-refractivity contribution < 1.29 is 4.39 Å². The normalized spacial score (nSPS) is 12.7. The molecule has 0 bridgehead atoms. The maximum atomic E-state index is 12.9. The fourth-order valence-electron chi connectivity index (χ4n) is 2.30. The van der Waals surface area contributed by atoms with E-state index in [-0.39, 0.29) is 11.9 Å². The first-order valence-corrected chi connectivity index (χ1v) is 7.56. The molecule has 0 radical (unpaired) electrons. The lowest BCUT2D eigenvalue weighted by Crippen LogP contribution is -2.17. The van der Waals surface area contributed by atoms with E-state index in [4.69, 9.17) is 0 Å². The highest BCUT2D eigenvalue weighted by molar-refractivity contribution is 7.17. The zero-order chi connectivity index (χ0) is 13.9. The van der Waals surface area contributed by atoms with Crippen molar-refractivity contribution in [2.75, 3.05) is 0 Å². The van der Waals surface area contributed by atoms with Crippen molar-refractivity contribution in [3.63, 3.8) is 0 Å². The molecule has 1 atom stereocenters. The second kappa shape index (κ2) is 5.73. The molecule has 0 amide bonds. The Hall–Kier alpha value is -1.71. The Morgan fingerprint density at radius 1 is 1.10 bits per heavy atom. The van der Waals surface area contributed by atoms with Crippen molar-refractivity contribution in [1.29, 1.82) is 0 Å². The van der Waals surface area contributed by atoms with Crippen LogP contribution in [0.3, 0.4) is 0 Å². The van der Waals surface area contributed by atoms with Crippen molar-refractivity contribution >= 4 is 21.4 Å². The SMILES string of the molecule is C[C@@H](NCc1csc2ccccc12)c1ccc(F)cc1. The minimum Gasteiger partial charge on any atom is -0.306 e. The fourth-order valence-corrected chi connectivity index (χ4v) is 3.26. The summed E-state index contributed by atoms with van der Waals surface area (Å²) < 4.78 is 14.2. The first-order valence-electron chi connectivity index (χ1n) is 6.68. The molecular formula is C17H16FNS. The predicted molar refractivity (Wildman–Crippen MR) is 83.5 cm³/mol. The number of rotatable bonds is 4. The van der Waals surface area contributed by atoms with Gasteiger partial charge in [0.25, 0.3) is 0 Å². The van der Waals surface area contributed by atoms with Gasteiger partial charge in [-0.1, -0.05) is 30.3 Å². The van der Waals surface area contributed by atoms with E-state index in [9.17, 15) is 4.39 Å².